The van der Waals surface area contributed by atoms with Crippen molar-refractivity contribution in [2.75, 3.05) is 13.1 Å². The summed E-state index contributed by atoms with van der Waals surface area (Å²) in [6.07, 6.45) is 0.360. The largest absolute Gasteiger partial charge is 0.391 e. The number of hydrogen-bond donors (Lipinski definition) is 1. The maximum atomic E-state index is 9.58. The first kappa shape index (κ1) is 9.09. The molecular formula is C7H11ClN4O. The number of aliphatic hydroxyl groups is 1. The summed E-state index contributed by atoms with van der Waals surface area (Å²) >= 11 is 6.07. The number of aliphatic hydroxyl groups excluding tert-OH is 1. The minimum absolute atomic E-state index is 0.00708. The Morgan fingerprint density at radius 1 is 1.62 bits per heavy atom. The Morgan fingerprint density at radius 3 is 3.08 bits per heavy atom. The van der Waals surface area contributed by atoms with E-state index in [-0.39, 0.29) is 17.5 Å². The lowest BCUT2D eigenvalue weighted by Crippen LogP contribution is -2.35. The third kappa shape index (κ3) is 1.38. The summed E-state index contributed by atoms with van der Waals surface area (Å²) in [6, 6.07) is -0.331. The van der Waals surface area contributed by atoms with Crippen molar-refractivity contribution in [2.24, 2.45) is 5.11 Å². The van der Waals surface area contributed by atoms with Crippen LogP contribution < -0.4 is 0 Å². The summed E-state index contributed by atoms with van der Waals surface area (Å²) < 4.78 is 0. The van der Waals surface area contributed by atoms with Gasteiger partial charge >= 0.3 is 0 Å². The molecule has 0 saturated carbocycles. The number of halogens is 1. The molecule has 0 unspecified atom stereocenters. The van der Waals surface area contributed by atoms with Crippen LogP contribution in [0.2, 0.25) is 0 Å². The summed E-state index contributed by atoms with van der Waals surface area (Å²) in [6.45, 7) is 1.48. The third-order valence-corrected chi connectivity index (χ3v) is 3.31. The van der Waals surface area contributed by atoms with E-state index in [2.05, 4.69) is 14.9 Å². The Morgan fingerprint density at radius 2 is 2.38 bits per heavy atom. The van der Waals surface area contributed by atoms with Crippen LogP contribution in [0.4, 0.5) is 0 Å². The molecule has 2 saturated heterocycles. The number of nitrogens with zero attached hydrogens (tertiary/aromatic N) is 4. The first-order valence-electron chi connectivity index (χ1n) is 4.34. The second-order valence-corrected chi connectivity index (χ2v) is 4.11. The van der Waals surface area contributed by atoms with E-state index in [1.807, 2.05) is 0 Å². The highest BCUT2D eigenvalue weighted by atomic mass is 35.5. The number of fused-ring (bicyclic) bond motifs is 1. The van der Waals surface area contributed by atoms with E-state index in [9.17, 15) is 5.11 Å². The number of hydrogen-bond acceptors (Lipinski definition) is 3. The molecule has 2 aliphatic rings. The zero-order valence-electron chi connectivity index (χ0n) is 7.04. The van der Waals surface area contributed by atoms with E-state index < -0.39 is 6.10 Å². The number of alkyl halides is 1. The van der Waals surface area contributed by atoms with Crippen molar-refractivity contribution in [3.8, 4) is 0 Å². The predicted molar refractivity (Wildman–Crippen MR) is 48.6 cm³/mol. The lowest BCUT2D eigenvalue weighted by atomic mass is 10.1. The van der Waals surface area contributed by atoms with Crippen molar-refractivity contribution in [2.45, 2.75) is 30.0 Å². The van der Waals surface area contributed by atoms with E-state index in [0.29, 0.717) is 6.54 Å². The first-order chi connectivity index (χ1) is 6.24. The maximum absolute atomic E-state index is 9.58. The lowest BCUT2D eigenvalue weighted by molar-refractivity contribution is 0.164. The Bertz CT molecular complexity index is 255. The van der Waals surface area contributed by atoms with Crippen molar-refractivity contribution in [1.82, 2.24) is 4.90 Å². The van der Waals surface area contributed by atoms with Gasteiger partial charge in [-0.05, 0) is 12.0 Å². The predicted octanol–water partition coefficient (Wildman–Crippen LogP) is 0.722. The van der Waals surface area contributed by atoms with Gasteiger partial charge in [-0.25, -0.2) is 0 Å². The molecule has 13 heavy (non-hydrogen) atoms. The number of azide groups is 1. The SMILES string of the molecule is [N-]=[N+]=N[C@@H]1[C@H]2[C@H](Cl)CCN2C[C@H]1O. The minimum Gasteiger partial charge on any atom is -0.391 e. The summed E-state index contributed by atoms with van der Waals surface area (Å²) in [4.78, 5) is 4.84. The molecule has 0 aromatic carbocycles. The molecule has 0 radical (unpaired) electrons. The molecule has 2 fully saturated rings. The van der Waals surface area contributed by atoms with Gasteiger partial charge in [-0.15, -0.1) is 11.6 Å². The van der Waals surface area contributed by atoms with Crippen molar-refractivity contribution < 1.29 is 5.11 Å². The first-order valence-corrected chi connectivity index (χ1v) is 4.78. The van der Waals surface area contributed by atoms with Crippen molar-refractivity contribution >= 4 is 11.6 Å². The Kier molecular flexibility index (Phi) is 2.34. The van der Waals surface area contributed by atoms with Gasteiger partial charge in [-0.2, -0.15) is 0 Å². The van der Waals surface area contributed by atoms with Crippen LogP contribution in [0.5, 0.6) is 0 Å². The van der Waals surface area contributed by atoms with Gasteiger partial charge in [-0.1, -0.05) is 5.11 Å². The molecule has 2 aliphatic heterocycles. The van der Waals surface area contributed by atoms with Gasteiger partial charge < -0.3 is 5.11 Å². The Labute approximate surface area is 80.9 Å². The van der Waals surface area contributed by atoms with E-state index in [0.717, 1.165) is 13.0 Å². The minimum atomic E-state index is -0.553. The smallest absolute Gasteiger partial charge is 0.0815 e. The van der Waals surface area contributed by atoms with Gasteiger partial charge in [0.1, 0.15) is 0 Å². The lowest BCUT2D eigenvalue weighted by Gasteiger charge is -2.19. The highest BCUT2D eigenvalue weighted by molar-refractivity contribution is 6.21. The fourth-order valence-electron chi connectivity index (χ4n) is 2.26. The molecule has 0 aromatic rings. The second kappa shape index (κ2) is 3.35. The number of rotatable bonds is 1. The molecule has 1 N–H and O–H groups in total. The summed E-state index contributed by atoms with van der Waals surface area (Å²) in [7, 11) is 0. The zero-order valence-corrected chi connectivity index (χ0v) is 7.80. The van der Waals surface area contributed by atoms with Gasteiger partial charge in [0, 0.05) is 24.0 Å². The van der Waals surface area contributed by atoms with Crippen LogP contribution in [0, 0.1) is 0 Å². The zero-order chi connectivity index (χ0) is 9.42. The van der Waals surface area contributed by atoms with Gasteiger partial charge in [0.2, 0.25) is 0 Å². The summed E-state index contributed by atoms with van der Waals surface area (Å²) in [5, 5.41) is 13.2. The van der Waals surface area contributed by atoms with Gasteiger partial charge in [0.05, 0.1) is 17.5 Å². The molecule has 2 rings (SSSR count). The molecule has 2 heterocycles. The molecule has 72 valence electrons. The van der Waals surface area contributed by atoms with Gasteiger partial charge in [0.25, 0.3) is 0 Å². The highest BCUT2D eigenvalue weighted by Gasteiger charge is 2.47. The van der Waals surface area contributed by atoms with Crippen molar-refractivity contribution in [3.05, 3.63) is 10.4 Å². The van der Waals surface area contributed by atoms with Gasteiger partial charge in [-0.3, -0.25) is 4.90 Å². The monoisotopic (exact) mass is 202 g/mol. The van der Waals surface area contributed by atoms with Crippen molar-refractivity contribution in [3.63, 3.8) is 0 Å². The molecular weight excluding hydrogens is 192 g/mol. The van der Waals surface area contributed by atoms with Crippen LogP contribution in [0.1, 0.15) is 6.42 Å². The quantitative estimate of drug-likeness (QED) is 0.295. The summed E-state index contributed by atoms with van der Waals surface area (Å²) in [5.74, 6) is 0. The highest BCUT2D eigenvalue weighted by Crippen LogP contribution is 2.33. The summed E-state index contributed by atoms with van der Waals surface area (Å²) in [5.41, 5.74) is 8.34. The average molecular weight is 203 g/mol. The van der Waals surface area contributed by atoms with Crippen molar-refractivity contribution in [1.29, 1.82) is 0 Å². The Balaban J connectivity index is 2.20. The van der Waals surface area contributed by atoms with Gasteiger partial charge in [0.15, 0.2) is 0 Å². The molecule has 6 heteroatoms. The molecule has 0 bridgehead atoms. The molecule has 0 aliphatic carbocycles. The molecule has 0 aromatic heterocycles. The Hall–Kier alpha value is -0.480. The van der Waals surface area contributed by atoms with E-state index in [1.54, 1.807) is 0 Å². The fourth-order valence-corrected chi connectivity index (χ4v) is 2.67. The second-order valence-electron chi connectivity index (χ2n) is 3.55. The van der Waals surface area contributed by atoms with Crippen LogP contribution in [-0.2, 0) is 0 Å². The molecule has 4 atom stereocenters. The van der Waals surface area contributed by atoms with E-state index in [1.165, 1.54) is 0 Å². The average Bonchev–Trinajstić information content (AvgIpc) is 2.57. The molecule has 0 spiro atoms. The van der Waals surface area contributed by atoms with Crippen LogP contribution in [0.3, 0.4) is 0 Å². The van der Waals surface area contributed by atoms with Crippen LogP contribution >= 0.6 is 11.6 Å². The molecule has 0 amide bonds. The molecule has 5 nitrogen and oxygen atoms in total. The topological polar surface area (TPSA) is 72.2 Å². The van der Waals surface area contributed by atoms with E-state index in [4.69, 9.17) is 17.1 Å². The third-order valence-electron chi connectivity index (χ3n) is 2.83. The van der Waals surface area contributed by atoms with E-state index >= 15 is 0 Å². The van der Waals surface area contributed by atoms with Crippen LogP contribution in [0.25, 0.3) is 10.4 Å². The fraction of sp³-hybridized carbons (Fsp3) is 1.00. The van der Waals surface area contributed by atoms with Crippen LogP contribution in [0.15, 0.2) is 5.11 Å². The maximum Gasteiger partial charge on any atom is 0.0815 e. The normalized spacial score (nSPS) is 44.5. The standard InChI is InChI=1S/C7H11ClN4O/c8-4-1-2-12-3-5(13)6(7(4)12)10-11-9/h4-7,13H,1-3H2/t4-,5-,6+,7-/m1/s1. The van der Waals surface area contributed by atoms with Crippen LogP contribution in [-0.4, -0.2) is 46.7 Å².